The number of benzene rings is 3. The summed E-state index contributed by atoms with van der Waals surface area (Å²) in [5.74, 6) is -0.920. The van der Waals surface area contributed by atoms with Crippen LogP contribution < -0.4 is 14.4 Å². The van der Waals surface area contributed by atoms with Crippen molar-refractivity contribution >= 4 is 40.8 Å². The number of piperidine rings is 1. The van der Waals surface area contributed by atoms with Crippen molar-refractivity contribution in [1.29, 1.82) is 0 Å². The predicted octanol–water partition coefficient (Wildman–Crippen LogP) is 6.05. The van der Waals surface area contributed by atoms with Crippen LogP contribution in [0, 0.1) is 11.7 Å². The van der Waals surface area contributed by atoms with Gasteiger partial charge in [-0.05, 0) is 63.2 Å². The van der Waals surface area contributed by atoms with Crippen molar-refractivity contribution in [1.82, 2.24) is 9.80 Å². The second-order valence-electron chi connectivity index (χ2n) is 11.6. The molecular weight excluding hydrogens is 624 g/mol. The van der Waals surface area contributed by atoms with Gasteiger partial charge in [0.2, 0.25) is 0 Å². The molecule has 3 aliphatic heterocycles. The number of carbonyl (C=O) groups is 2. The number of hydrogen-bond acceptors (Lipinski definition) is 7. The lowest BCUT2D eigenvalue weighted by Gasteiger charge is -2.32. The standard InChI is InChI=1S/C33H34Cl2FN3O6/c1-37-7-5-20(6-8-37)18-44-22-13-26(34)30(27(35)14-22)32(40)39-17-21-3-2-4-23(31(21)45-19-39)24-16-29(38-9-11-43-12-10-38)25(33(41)42)15-28(24)36/h2-4,13-16,20H,5-12,17-19H2,1H3,(H,41,42). The topological polar surface area (TPSA) is 91.8 Å². The minimum Gasteiger partial charge on any atom is -0.493 e. The Morgan fingerprint density at radius 1 is 1.02 bits per heavy atom. The Labute approximate surface area is 271 Å². The van der Waals surface area contributed by atoms with Crippen molar-refractivity contribution in [2.45, 2.75) is 19.4 Å². The molecule has 3 aromatic carbocycles. The number of rotatable bonds is 7. The molecule has 12 heteroatoms. The summed E-state index contributed by atoms with van der Waals surface area (Å²) in [5.41, 5.74) is 1.78. The third kappa shape index (κ3) is 6.70. The summed E-state index contributed by atoms with van der Waals surface area (Å²) >= 11 is 13.1. The van der Waals surface area contributed by atoms with E-state index in [0.717, 1.165) is 32.0 Å². The van der Waals surface area contributed by atoms with Gasteiger partial charge in [0.1, 0.15) is 17.3 Å². The molecule has 0 radical (unpaired) electrons. The van der Waals surface area contributed by atoms with Gasteiger partial charge in [-0.3, -0.25) is 4.79 Å². The zero-order valence-electron chi connectivity index (χ0n) is 24.9. The maximum absolute atomic E-state index is 15.5. The van der Waals surface area contributed by atoms with E-state index >= 15 is 4.39 Å². The molecule has 3 aliphatic rings. The van der Waals surface area contributed by atoms with Gasteiger partial charge in [0.05, 0.1) is 53.2 Å². The van der Waals surface area contributed by atoms with Gasteiger partial charge in [-0.25, -0.2) is 9.18 Å². The van der Waals surface area contributed by atoms with E-state index in [-0.39, 0.29) is 40.0 Å². The molecule has 45 heavy (non-hydrogen) atoms. The van der Waals surface area contributed by atoms with Crippen molar-refractivity contribution in [2.75, 3.05) is 64.7 Å². The highest BCUT2D eigenvalue weighted by atomic mass is 35.5. The van der Waals surface area contributed by atoms with Crippen molar-refractivity contribution < 1.29 is 33.3 Å². The molecule has 0 spiro atoms. The van der Waals surface area contributed by atoms with E-state index in [0.29, 0.717) is 67.1 Å². The maximum atomic E-state index is 15.5. The van der Waals surface area contributed by atoms with Gasteiger partial charge in [0.15, 0.2) is 6.73 Å². The number of morpholine rings is 1. The number of anilines is 1. The lowest BCUT2D eigenvalue weighted by molar-refractivity contribution is 0.0516. The van der Waals surface area contributed by atoms with Gasteiger partial charge < -0.3 is 34.0 Å². The van der Waals surface area contributed by atoms with Crippen molar-refractivity contribution in [3.05, 3.63) is 75.0 Å². The Hall–Kier alpha value is -3.57. The molecule has 3 aromatic rings. The molecule has 0 aromatic heterocycles. The number of para-hydroxylation sites is 1. The average molecular weight is 659 g/mol. The molecule has 6 rings (SSSR count). The highest BCUT2D eigenvalue weighted by Crippen LogP contribution is 2.41. The van der Waals surface area contributed by atoms with Crippen LogP contribution in [0.3, 0.4) is 0 Å². The number of ether oxygens (including phenoxy) is 3. The van der Waals surface area contributed by atoms with Crippen LogP contribution in [-0.4, -0.2) is 86.6 Å². The molecule has 0 bridgehead atoms. The second kappa shape index (κ2) is 13.4. The number of carboxylic acids is 1. The molecule has 0 unspecified atom stereocenters. The number of aromatic carboxylic acids is 1. The fraction of sp³-hybridized carbons (Fsp3) is 0.394. The minimum absolute atomic E-state index is 0.116. The van der Waals surface area contributed by atoms with Crippen LogP contribution in [0.2, 0.25) is 10.0 Å². The van der Waals surface area contributed by atoms with Crippen LogP contribution in [-0.2, 0) is 11.3 Å². The Balaban J connectivity index is 1.21. The van der Waals surface area contributed by atoms with Gasteiger partial charge >= 0.3 is 5.97 Å². The van der Waals surface area contributed by atoms with Crippen LogP contribution in [0.4, 0.5) is 10.1 Å². The van der Waals surface area contributed by atoms with Crippen LogP contribution in [0.15, 0.2) is 42.5 Å². The first-order chi connectivity index (χ1) is 21.7. The highest BCUT2D eigenvalue weighted by molar-refractivity contribution is 6.39. The molecule has 3 heterocycles. The Morgan fingerprint density at radius 3 is 2.42 bits per heavy atom. The first-order valence-electron chi connectivity index (χ1n) is 14.9. The highest BCUT2D eigenvalue weighted by Gasteiger charge is 2.30. The Kier molecular flexibility index (Phi) is 9.37. The number of nitrogens with zero attached hydrogens (tertiary/aromatic N) is 3. The van der Waals surface area contributed by atoms with E-state index in [2.05, 4.69) is 11.9 Å². The van der Waals surface area contributed by atoms with Crippen LogP contribution in [0.5, 0.6) is 11.5 Å². The zero-order valence-corrected chi connectivity index (χ0v) is 26.4. The third-order valence-electron chi connectivity index (χ3n) is 8.62. The normalized spacial score (nSPS) is 17.5. The molecular formula is C33H34Cl2FN3O6. The summed E-state index contributed by atoms with van der Waals surface area (Å²) in [6.45, 7) is 4.55. The molecule has 9 nitrogen and oxygen atoms in total. The summed E-state index contributed by atoms with van der Waals surface area (Å²) in [6.07, 6.45) is 2.12. The number of likely N-dealkylation sites (tertiary alicyclic amines) is 1. The number of halogens is 3. The largest absolute Gasteiger partial charge is 0.493 e. The van der Waals surface area contributed by atoms with E-state index in [4.69, 9.17) is 37.4 Å². The van der Waals surface area contributed by atoms with Gasteiger partial charge in [0, 0.05) is 29.8 Å². The number of fused-ring (bicyclic) bond motifs is 1. The summed E-state index contributed by atoms with van der Waals surface area (Å²) in [6, 6.07) is 11.1. The molecule has 0 atom stereocenters. The van der Waals surface area contributed by atoms with Gasteiger partial charge in [0.25, 0.3) is 5.91 Å². The van der Waals surface area contributed by atoms with Crippen molar-refractivity contribution in [3.8, 4) is 22.6 Å². The van der Waals surface area contributed by atoms with Crippen LogP contribution >= 0.6 is 23.2 Å². The number of amides is 1. The fourth-order valence-corrected chi connectivity index (χ4v) is 6.69. The van der Waals surface area contributed by atoms with Crippen LogP contribution in [0.1, 0.15) is 39.1 Å². The van der Waals surface area contributed by atoms with E-state index in [1.54, 1.807) is 36.4 Å². The number of carbonyl (C=O) groups excluding carboxylic acids is 1. The molecule has 1 N–H and O–H groups in total. The zero-order chi connectivity index (χ0) is 31.7. The predicted molar refractivity (Wildman–Crippen MR) is 169 cm³/mol. The van der Waals surface area contributed by atoms with Gasteiger partial charge in [-0.1, -0.05) is 41.4 Å². The lowest BCUT2D eigenvalue weighted by atomic mass is 9.97. The maximum Gasteiger partial charge on any atom is 0.337 e. The second-order valence-corrected chi connectivity index (χ2v) is 12.5. The summed E-state index contributed by atoms with van der Waals surface area (Å²) in [5, 5.41) is 10.1. The first-order valence-corrected chi connectivity index (χ1v) is 15.7. The van der Waals surface area contributed by atoms with Crippen molar-refractivity contribution in [3.63, 3.8) is 0 Å². The average Bonchev–Trinajstić information content (AvgIpc) is 3.04. The summed E-state index contributed by atoms with van der Waals surface area (Å²) in [4.78, 5) is 31.3. The van der Waals surface area contributed by atoms with E-state index < -0.39 is 17.7 Å². The fourth-order valence-electron chi connectivity index (χ4n) is 6.06. The Bertz CT molecular complexity index is 1580. The SMILES string of the molecule is CN1CCC(COc2cc(Cl)c(C(=O)N3COc4c(cccc4-c4cc(N5CCOCC5)c(C(=O)O)cc4F)C3)c(Cl)c2)CC1. The van der Waals surface area contributed by atoms with Gasteiger partial charge in [-0.2, -0.15) is 0 Å². The van der Waals surface area contributed by atoms with E-state index in [1.807, 2.05) is 4.90 Å². The molecule has 0 saturated carbocycles. The van der Waals surface area contributed by atoms with Crippen molar-refractivity contribution in [2.24, 2.45) is 5.92 Å². The molecule has 238 valence electrons. The lowest BCUT2D eigenvalue weighted by Crippen LogP contribution is -2.37. The monoisotopic (exact) mass is 657 g/mol. The molecule has 2 saturated heterocycles. The smallest absolute Gasteiger partial charge is 0.337 e. The van der Waals surface area contributed by atoms with Gasteiger partial charge in [-0.15, -0.1) is 0 Å². The van der Waals surface area contributed by atoms with E-state index in [9.17, 15) is 14.7 Å². The number of carboxylic acid groups (broad SMARTS) is 1. The molecule has 1 amide bonds. The summed E-state index contributed by atoms with van der Waals surface area (Å²) < 4.78 is 32.9. The van der Waals surface area contributed by atoms with Crippen LogP contribution in [0.25, 0.3) is 11.1 Å². The minimum atomic E-state index is -1.21. The molecule has 0 aliphatic carbocycles. The quantitative estimate of drug-likeness (QED) is 0.329. The van der Waals surface area contributed by atoms with E-state index in [1.165, 1.54) is 4.90 Å². The Morgan fingerprint density at radius 2 is 1.73 bits per heavy atom. The molecule has 2 fully saturated rings. The number of hydrogen-bond donors (Lipinski definition) is 1. The first kappa shape index (κ1) is 31.4. The third-order valence-corrected chi connectivity index (χ3v) is 9.22. The summed E-state index contributed by atoms with van der Waals surface area (Å²) in [7, 11) is 2.11.